The molecule has 0 radical (unpaired) electrons. The van der Waals surface area contributed by atoms with Gasteiger partial charge in [-0.2, -0.15) is 9.65 Å². The summed E-state index contributed by atoms with van der Waals surface area (Å²) in [6, 6.07) is 4.44. The summed E-state index contributed by atoms with van der Waals surface area (Å²) in [4.78, 5) is 15.4. The number of halogens is 1. The van der Waals surface area contributed by atoms with Gasteiger partial charge in [-0.3, -0.25) is 4.79 Å². The molecule has 1 aromatic heterocycles. The smallest absolute Gasteiger partial charge is 0.256 e. The number of nitrogens with zero attached hydrogens (tertiary/aromatic N) is 2. The molecule has 1 aliphatic rings. The van der Waals surface area contributed by atoms with Crippen molar-refractivity contribution >= 4 is 5.91 Å². The van der Waals surface area contributed by atoms with Crippen molar-refractivity contribution in [1.82, 2.24) is 10.3 Å². The summed E-state index contributed by atoms with van der Waals surface area (Å²) < 4.78 is 13.4. The molecule has 0 aliphatic heterocycles. The van der Waals surface area contributed by atoms with Crippen molar-refractivity contribution in [2.24, 2.45) is 5.92 Å². The number of pyridine rings is 1. The summed E-state index contributed by atoms with van der Waals surface area (Å²) >= 11 is 0. The quantitative estimate of drug-likeness (QED) is 0.850. The van der Waals surface area contributed by atoms with Gasteiger partial charge in [0.2, 0.25) is 5.95 Å². The Hall–Kier alpha value is -1.96. The molecule has 4 nitrogen and oxygen atoms in total. The molecule has 0 spiro atoms. The van der Waals surface area contributed by atoms with Crippen LogP contribution in [0.1, 0.15) is 42.5 Å². The van der Waals surface area contributed by atoms with Gasteiger partial charge in [-0.1, -0.05) is 19.3 Å². The van der Waals surface area contributed by atoms with Crippen LogP contribution in [0.4, 0.5) is 4.39 Å². The zero-order valence-electron chi connectivity index (χ0n) is 10.6. The lowest BCUT2D eigenvalue weighted by Gasteiger charge is -2.26. The van der Waals surface area contributed by atoms with Crippen molar-refractivity contribution in [2.75, 3.05) is 0 Å². The van der Waals surface area contributed by atoms with E-state index in [9.17, 15) is 9.18 Å². The summed E-state index contributed by atoms with van der Waals surface area (Å²) in [5.41, 5.74) is -0.112. The van der Waals surface area contributed by atoms with E-state index >= 15 is 0 Å². The molecule has 1 aromatic rings. The van der Waals surface area contributed by atoms with Gasteiger partial charge in [0.15, 0.2) is 0 Å². The molecule has 1 atom stereocenters. The highest BCUT2D eigenvalue weighted by molar-refractivity contribution is 5.94. The van der Waals surface area contributed by atoms with Gasteiger partial charge >= 0.3 is 0 Å². The van der Waals surface area contributed by atoms with E-state index < -0.39 is 17.9 Å². The molecule has 19 heavy (non-hydrogen) atoms. The predicted molar refractivity (Wildman–Crippen MR) is 67.6 cm³/mol. The molecule has 1 aliphatic carbocycles. The zero-order valence-corrected chi connectivity index (χ0v) is 10.6. The molecule has 1 fully saturated rings. The maximum absolute atomic E-state index is 13.4. The molecular formula is C14H16FN3O. The summed E-state index contributed by atoms with van der Waals surface area (Å²) in [7, 11) is 0. The average Bonchev–Trinajstić information content (AvgIpc) is 2.46. The Kier molecular flexibility index (Phi) is 4.45. The number of hydrogen-bond donors (Lipinski definition) is 1. The van der Waals surface area contributed by atoms with Crippen LogP contribution in [0.2, 0.25) is 0 Å². The Morgan fingerprint density at radius 2 is 2.21 bits per heavy atom. The number of rotatable bonds is 3. The second-order valence-corrected chi connectivity index (χ2v) is 4.82. The minimum Gasteiger partial charge on any atom is -0.336 e. The van der Waals surface area contributed by atoms with Crippen LogP contribution in [0.5, 0.6) is 0 Å². The summed E-state index contributed by atoms with van der Waals surface area (Å²) in [6.07, 6.45) is 6.51. The highest BCUT2D eigenvalue weighted by atomic mass is 19.1. The molecular weight excluding hydrogens is 245 g/mol. The molecule has 1 heterocycles. The molecule has 0 saturated heterocycles. The molecule has 5 heteroatoms. The lowest BCUT2D eigenvalue weighted by Crippen LogP contribution is -2.40. The van der Waals surface area contributed by atoms with Gasteiger partial charge in [-0.25, -0.2) is 4.98 Å². The van der Waals surface area contributed by atoms with Gasteiger partial charge in [0, 0.05) is 6.20 Å². The normalized spacial score (nSPS) is 17.5. The number of nitriles is 1. The van der Waals surface area contributed by atoms with E-state index in [-0.39, 0.29) is 11.5 Å². The summed E-state index contributed by atoms with van der Waals surface area (Å²) in [6.45, 7) is 0. The first kappa shape index (κ1) is 13.5. The van der Waals surface area contributed by atoms with Gasteiger partial charge in [-0.05, 0) is 30.9 Å². The Balaban J connectivity index is 2.04. The van der Waals surface area contributed by atoms with Crippen LogP contribution in [0.25, 0.3) is 0 Å². The zero-order chi connectivity index (χ0) is 13.7. The molecule has 1 unspecified atom stereocenters. The second-order valence-electron chi connectivity index (χ2n) is 4.82. The monoisotopic (exact) mass is 261 g/mol. The van der Waals surface area contributed by atoms with Crippen LogP contribution in [0, 0.1) is 23.2 Å². The fourth-order valence-electron chi connectivity index (χ4n) is 2.50. The molecule has 1 N–H and O–H groups in total. The SMILES string of the molecule is N#CC(NC(=O)c1cccnc1F)C1CCCCC1. The number of nitrogens with one attached hydrogen (secondary N) is 1. The number of carbonyl (C=O) groups excluding carboxylic acids is 1. The van der Waals surface area contributed by atoms with Crippen molar-refractivity contribution in [2.45, 2.75) is 38.1 Å². The molecule has 1 saturated carbocycles. The van der Waals surface area contributed by atoms with Gasteiger partial charge in [0.1, 0.15) is 6.04 Å². The van der Waals surface area contributed by atoms with Crippen LogP contribution in [-0.4, -0.2) is 16.9 Å². The van der Waals surface area contributed by atoms with Crippen LogP contribution in [0.3, 0.4) is 0 Å². The third-order valence-corrected chi connectivity index (χ3v) is 3.55. The van der Waals surface area contributed by atoms with Crippen LogP contribution in [0.15, 0.2) is 18.3 Å². The third-order valence-electron chi connectivity index (χ3n) is 3.55. The van der Waals surface area contributed by atoms with E-state index in [0.717, 1.165) is 25.7 Å². The van der Waals surface area contributed by atoms with Crippen molar-refractivity contribution < 1.29 is 9.18 Å². The van der Waals surface area contributed by atoms with E-state index in [4.69, 9.17) is 5.26 Å². The predicted octanol–water partition coefficient (Wildman–Crippen LogP) is 2.42. The maximum Gasteiger partial charge on any atom is 0.256 e. The number of hydrogen-bond acceptors (Lipinski definition) is 3. The van der Waals surface area contributed by atoms with Crippen LogP contribution < -0.4 is 5.32 Å². The van der Waals surface area contributed by atoms with E-state index in [1.54, 1.807) is 0 Å². The Morgan fingerprint density at radius 1 is 1.47 bits per heavy atom. The average molecular weight is 261 g/mol. The Morgan fingerprint density at radius 3 is 2.84 bits per heavy atom. The third kappa shape index (κ3) is 3.28. The molecule has 0 bridgehead atoms. The molecule has 100 valence electrons. The minimum absolute atomic E-state index is 0.112. The van der Waals surface area contributed by atoms with Gasteiger partial charge in [0.05, 0.1) is 11.6 Å². The largest absolute Gasteiger partial charge is 0.336 e. The van der Waals surface area contributed by atoms with E-state index in [1.165, 1.54) is 24.8 Å². The topological polar surface area (TPSA) is 65.8 Å². The highest BCUT2D eigenvalue weighted by Crippen LogP contribution is 2.26. The fourth-order valence-corrected chi connectivity index (χ4v) is 2.50. The van der Waals surface area contributed by atoms with Gasteiger partial charge in [0.25, 0.3) is 5.91 Å². The fraction of sp³-hybridized carbons (Fsp3) is 0.500. The number of amides is 1. The van der Waals surface area contributed by atoms with Crippen LogP contribution >= 0.6 is 0 Å². The second kappa shape index (κ2) is 6.28. The molecule has 0 aromatic carbocycles. The first-order valence-corrected chi connectivity index (χ1v) is 6.53. The Labute approximate surface area is 111 Å². The lowest BCUT2D eigenvalue weighted by molar-refractivity contribution is 0.0924. The van der Waals surface area contributed by atoms with Crippen LogP contribution in [-0.2, 0) is 0 Å². The van der Waals surface area contributed by atoms with E-state index in [2.05, 4.69) is 16.4 Å². The number of carbonyl (C=O) groups is 1. The first-order chi connectivity index (χ1) is 9.22. The number of aromatic nitrogens is 1. The van der Waals surface area contributed by atoms with Crippen molar-refractivity contribution in [3.8, 4) is 6.07 Å². The standard InChI is InChI=1S/C14H16FN3O/c15-13-11(7-4-8-17-13)14(19)18-12(9-16)10-5-2-1-3-6-10/h4,7-8,10,12H,1-3,5-6H2,(H,18,19). The highest BCUT2D eigenvalue weighted by Gasteiger charge is 2.26. The maximum atomic E-state index is 13.4. The van der Waals surface area contributed by atoms with Gasteiger partial charge < -0.3 is 5.32 Å². The van der Waals surface area contributed by atoms with Crippen molar-refractivity contribution in [3.63, 3.8) is 0 Å². The minimum atomic E-state index is -0.805. The Bertz CT molecular complexity index is 492. The van der Waals surface area contributed by atoms with E-state index in [1.807, 2.05) is 0 Å². The van der Waals surface area contributed by atoms with Gasteiger partial charge in [-0.15, -0.1) is 0 Å². The molecule has 2 rings (SSSR count). The van der Waals surface area contributed by atoms with E-state index in [0.29, 0.717) is 0 Å². The van der Waals surface area contributed by atoms with Crippen molar-refractivity contribution in [1.29, 1.82) is 5.26 Å². The molecule has 1 amide bonds. The van der Waals surface area contributed by atoms with Crippen molar-refractivity contribution in [3.05, 3.63) is 29.8 Å². The lowest BCUT2D eigenvalue weighted by atomic mass is 9.84. The first-order valence-electron chi connectivity index (χ1n) is 6.53. The summed E-state index contributed by atoms with van der Waals surface area (Å²) in [5, 5.41) is 11.8. The summed E-state index contributed by atoms with van der Waals surface area (Å²) in [5.74, 6) is -1.20.